The molecule has 3 aromatic carbocycles. The molecule has 2 aliphatic heterocycles. The van der Waals surface area contributed by atoms with Gasteiger partial charge < -0.3 is 14.5 Å². The van der Waals surface area contributed by atoms with Crippen LogP contribution in [0.5, 0.6) is 11.5 Å². The van der Waals surface area contributed by atoms with Crippen molar-refractivity contribution >= 4 is 17.9 Å². The number of likely N-dealkylation sites (tertiary alicyclic amines) is 1. The van der Waals surface area contributed by atoms with E-state index in [-0.39, 0.29) is 17.9 Å². The molecule has 2 aliphatic rings. The third kappa shape index (κ3) is 3.89. The van der Waals surface area contributed by atoms with Crippen LogP contribution in [0.2, 0.25) is 0 Å². The summed E-state index contributed by atoms with van der Waals surface area (Å²) in [6.45, 7) is 1.67. The lowest BCUT2D eigenvalue weighted by Gasteiger charge is -2.23. The summed E-state index contributed by atoms with van der Waals surface area (Å²) in [6.07, 6.45) is 4.63. The number of nitrogens with zero attached hydrogens (tertiary/aromatic N) is 2. The van der Waals surface area contributed by atoms with Crippen molar-refractivity contribution in [3.8, 4) is 11.5 Å². The summed E-state index contributed by atoms with van der Waals surface area (Å²) in [5.74, 6) is 1.52. The Kier molecular flexibility index (Phi) is 5.46. The van der Waals surface area contributed by atoms with Gasteiger partial charge >= 0.3 is 0 Å². The fourth-order valence-electron chi connectivity index (χ4n) is 4.36. The van der Waals surface area contributed by atoms with Crippen LogP contribution in [0, 0.1) is 0 Å². The summed E-state index contributed by atoms with van der Waals surface area (Å²) in [5, 5.41) is 0. The Morgan fingerprint density at radius 1 is 0.906 bits per heavy atom. The zero-order chi connectivity index (χ0) is 21.9. The molecule has 0 spiro atoms. The van der Waals surface area contributed by atoms with E-state index in [1.807, 2.05) is 95.9 Å². The van der Waals surface area contributed by atoms with E-state index in [0.29, 0.717) is 31.6 Å². The highest BCUT2D eigenvalue weighted by molar-refractivity contribution is 6.01. The molecule has 0 aromatic heterocycles. The van der Waals surface area contributed by atoms with Gasteiger partial charge in [-0.3, -0.25) is 9.59 Å². The minimum Gasteiger partial charge on any atom is -0.457 e. The van der Waals surface area contributed by atoms with Gasteiger partial charge in [0.25, 0.3) is 5.91 Å². The highest BCUT2D eigenvalue weighted by Gasteiger charge is 2.41. The molecule has 2 amide bonds. The van der Waals surface area contributed by atoms with Crippen molar-refractivity contribution in [2.75, 3.05) is 13.1 Å². The molecule has 0 radical (unpaired) electrons. The molecule has 32 heavy (non-hydrogen) atoms. The van der Waals surface area contributed by atoms with E-state index in [2.05, 4.69) is 0 Å². The summed E-state index contributed by atoms with van der Waals surface area (Å²) in [5.41, 5.74) is 2.66. The number of fused-ring (bicyclic) bond motifs is 1. The lowest BCUT2D eigenvalue weighted by molar-refractivity contribution is -0.131. The average Bonchev–Trinajstić information content (AvgIpc) is 3.35. The maximum atomic E-state index is 13.0. The minimum atomic E-state index is -0.378. The van der Waals surface area contributed by atoms with Gasteiger partial charge in [-0.25, -0.2) is 0 Å². The predicted octanol–water partition coefficient (Wildman–Crippen LogP) is 4.75. The molecule has 0 saturated carbocycles. The van der Waals surface area contributed by atoms with Gasteiger partial charge in [-0.15, -0.1) is 0 Å². The van der Waals surface area contributed by atoms with Gasteiger partial charge in [-0.1, -0.05) is 66.7 Å². The molecule has 3 aromatic rings. The number of benzene rings is 3. The van der Waals surface area contributed by atoms with E-state index in [4.69, 9.17) is 4.74 Å². The highest BCUT2D eigenvalue weighted by Crippen LogP contribution is 2.29. The van der Waals surface area contributed by atoms with Gasteiger partial charge in [0.2, 0.25) is 5.91 Å². The first-order valence-corrected chi connectivity index (χ1v) is 10.9. The van der Waals surface area contributed by atoms with Gasteiger partial charge in [-0.05, 0) is 36.2 Å². The third-order valence-corrected chi connectivity index (χ3v) is 6.01. The second-order valence-electron chi connectivity index (χ2n) is 8.03. The summed E-state index contributed by atoms with van der Waals surface area (Å²) < 4.78 is 6.00. The second kappa shape index (κ2) is 8.71. The molecule has 160 valence electrons. The van der Waals surface area contributed by atoms with Crippen molar-refractivity contribution in [1.29, 1.82) is 0 Å². The Hall–Kier alpha value is -3.86. The maximum Gasteiger partial charge on any atom is 0.255 e. The van der Waals surface area contributed by atoms with E-state index in [9.17, 15) is 9.59 Å². The predicted molar refractivity (Wildman–Crippen MR) is 123 cm³/mol. The monoisotopic (exact) mass is 424 g/mol. The van der Waals surface area contributed by atoms with Crippen LogP contribution in [0.1, 0.15) is 27.9 Å². The van der Waals surface area contributed by atoms with Crippen LogP contribution in [-0.4, -0.2) is 40.7 Å². The fourth-order valence-corrected chi connectivity index (χ4v) is 4.36. The number of ether oxygens (including phenoxy) is 1. The van der Waals surface area contributed by atoms with Gasteiger partial charge in [0.05, 0.1) is 0 Å². The Bertz CT molecular complexity index is 1170. The number of hydrogen-bond donors (Lipinski definition) is 0. The Morgan fingerprint density at radius 2 is 1.66 bits per heavy atom. The van der Waals surface area contributed by atoms with Gasteiger partial charge in [0.15, 0.2) is 0 Å². The Balaban J connectivity index is 1.23. The molecule has 1 fully saturated rings. The van der Waals surface area contributed by atoms with Crippen LogP contribution in [-0.2, 0) is 11.3 Å². The second-order valence-corrected chi connectivity index (χ2v) is 8.03. The first kappa shape index (κ1) is 20.1. The quantitative estimate of drug-likeness (QED) is 0.574. The number of amides is 2. The molecule has 0 bridgehead atoms. The molecule has 1 unspecified atom stereocenters. The third-order valence-electron chi connectivity index (χ3n) is 6.01. The molecule has 0 N–H and O–H groups in total. The molecule has 0 aliphatic carbocycles. The summed E-state index contributed by atoms with van der Waals surface area (Å²) >= 11 is 0. The van der Waals surface area contributed by atoms with E-state index < -0.39 is 0 Å². The molecule has 2 heterocycles. The normalized spacial score (nSPS) is 17.9. The first-order chi connectivity index (χ1) is 15.7. The van der Waals surface area contributed by atoms with Crippen LogP contribution in [0.25, 0.3) is 6.08 Å². The summed E-state index contributed by atoms with van der Waals surface area (Å²) in [4.78, 5) is 29.3. The van der Waals surface area contributed by atoms with Gasteiger partial charge in [0, 0.05) is 30.8 Å². The van der Waals surface area contributed by atoms with Crippen LogP contribution in [0.4, 0.5) is 0 Å². The molecule has 1 atom stereocenters. The molecule has 5 heteroatoms. The van der Waals surface area contributed by atoms with Crippen LogP contribution in [0.3, 0.4) is 0 Å². The van der Waals surface area contributed by atoms with E-state index in [1.54, 1.807) is 4.90 Å². The van der Waals surface area contributed by atoms with Crippen molar-refractivity contribution in [3.63, 3.8) is 0 Å². The van der Waals surface area contributed by atoms with E-state index in [0.717, 1.165) is 22.6 Å². The molecular weight excluding hydrogens is 400 g/mol. The lowest BCUT2D eigenvalue weighted by atomic mass is 10.1. The molecule has 1 saturated heterocycles. The van der Waals surface area contributed by atoms with Gasteiger partial charge in [0.1, 0.15) is 17.5 Å². The average molecular weight is 425 g/mol. The largest absolute Gasteiger partial charge is 0.457 e. The Morgan fingerprint density at radius 3 is 2.50 bits per heavy atom. The van der Waals surface area contributed by atoms with Crippen molar-refractivity contribution in [1.82, 2.24) is 9.80 Å². The van der Waals surface area contributed by atoms with Crippen LogP contribution in [0.15, 0.2) is 84.9 Å². The summed E-state index contributed by atoms with van der Waals surface area (Å²) in [6, 6.07) is 24.7. The van der Waals surface area contributed by atoms with E-state index >= 15 is 0 Å². The number of para-hydroxylation sites is 2. The lowest BCUT2D eigenvalue weighted by Crippen LogP contribution is -2.42. The Labute approximate surface area is 187 Å². The molecular formula is C27H24N2O3. The SMILES string of the molecule is O=C1C(N2Cc3ccccc3C2=O)CCN1C/C=C/c1ccccc1Oc1ccccc1. The zero-order valence-electron chi connectivity index (χ0n) is 17.7. The topological polar surface area (TPSA) is 49.9 Å². The molecule has 5 rings (SSSR count). The highest BCUT2D eigenvalue weighted by atomic mass is 16.5. The number of hydrogen-bond acceptors (Lipinski definition) is 3. The standard InChI is InChI=1S/C27H24N2O3/c30-26-23-14-6-4-10-21(23)19-29(26)24-16-18-28(27(24)31)17-8-11-20-9-5-7-15-25(20)32-22-12-2-1-3-13-22/h1-15,24H,16-19H2/b11-8+. The van der Waals surface area contributed by atoms with E-state index in [1.165, 1.54) is 0 Å². The number of carbonyl (C=O) groups is 2. The number of rotatable bonds is 6. The van der Waals surface area contributed by atoms with Crippen molar-refractivity contribution in [2.45, 2.75) is 19.0 Å². The fraction of sp³-hybridized carbons (Fsp3) is 0.185. The van der Waals surface area contributed by atoms with Gasteiger partial charge in [-0.2, -0.15) is 0 Å². The zero-order valence-corrected chi connectivity index (χ0v) is 17.7. The van der Waals surface area contributed by atoms with Crippen molar-refractivity contribution < 1.29 is 14.3 Å². The van der Waals surface area contributed by atoms with Crippen LogP contribution < -0.4 is 4.74 Å². The van der Waals surface area contributed by atoms with Crippen molar-refractivity contribution in [2.24, 2.45) is 0 Å². The molecule has 5 nitrogen and oxygen atoms in total. The first-order valence-electron chi connectivity index (χ1n) is 10.9. The number of carbonyl (C=O) groups excluding carboxylic acids is 2. The van der Waals surface area contributed by atoms with Crippen LogP contribution >= 0.6 is 0 Å². The minimum absolute atomic E-state index is 0.0182. The maximum absolute atomic E-state index is 13.0. The smallest absolute Gasteiger partial charge is 0.255 e. The van der Waals surface area contributed by atoms with Crippen molar-refractivity contribution in [3.05, 3.63) is 102 Å². The summed E-state index contributed by atoms with van der Waals surface area (Å²) in [7, 11) is 0.